The maximum Gasteiger partial charge on any atom is 0.318 e. The summed E-state index contributed by atoms with van der Waals surface area (Å²) in [7, 11) is 0. The average molecular weight is 581 g/mol. The maximum absolute atomic E-state index is 14.0. The molecule has 13 heteroatoms. The van der Waals surface area contributed by atoms with Crippen LogP contribution in [0.2, 0.25) is 0 Å². The number of amides is 6. The van der Waals surface area contributed by atoms with Crippen LogP contribution in [0.3, 0.4) is 0 Å². The number of urea groups is 1. The summed E-state index contributed by atoms with van der Waals surface area (Å²) in [6.07, 6.45) is 2.02. The number of nitrogens with one attached hydrogen (secondary N) is 3. The first-order chi connectivity index (χ1) is 18.9. The van der Waals surface area contributed by atoms with E-state index in [1.54, 1.807) is 20.8 Å². The summed E-state index contributed by atoms with van der Waals surface area (Å²) < 4.78 is 27.5. The number of piperidine rings is 1. The monoisotopic (exact) mass is 580 g/mol. The molecule has 6 atom stereocenters. The van der Waals surface area contributed by atoms with Gasteiger partial charge in [-0.15, -0.1) is 0 Å². The van der Waals surface area contributed by atoms with E-state index in [9.17, 15) is 32.8 Å². The number of halogens is 2. The highest BCUT2D eigenvalue weighted by atomic mass is 19.3. The Morgan fingerprint density at radius 2 is 1.78 bits per heavy atom. The molecule has 3 aliphatic heterocycles. The molecule has 3 heterocycles. The predicted octanol–water partition coefficient (Wildman–Crippen LogP) is 0.964. The Morgan fingerprint density at radius 3 is 2.29 bits per heavy atom. The lowest BCUT2D eigenvalue weighted by atomic mass is 9.85. The first-order valence-electron chi connectivity index (χ1n) is 14.5. The van der Waals surface area contributed by atoms with Gasteiger partial charge in [0, 0.05) is 31.0 Å². The smallest absolute Gasteiger partial charge is 0.318 e. The lowest BCUT2D eigenvalue weighted by molar-refractivity contribution is -0.144. The van der Waals surface area contributed by atoms with Crippen LogP contribution in [0.1, 0.15) is 66.7 Å². The van der Waals surface area contributed by atoms with Crippen molar-refractivity contribution < 1.29 is 32.8 Å². The number of likely N-dealkylation sites (tertiary alicyclic amines) is 2. The van der Waals surface area contributed by atoms with Crippen LogP contribution in [-0.4, -0.2) is 88.7 Å². The molecular formula is C28H42F2N6O5. The molecule has 0 unspecified atom stereocenters. The second kappa shape index (κ2) is 9.52. The molecule has 0 radical (unpaired) electrons. The van der Waals surface area contributed by atoms with E-state index in [1.165, 1.54) is 4.90 Å². The molecule has 6 amide bonds. The highest BCUT2D eigenvalue weighted by Crippen LogP contribution is 2.65. The van der Waals surface area contributed by atoms with Crippen molar-refractivity contribution in [2.24, 2.45) is 34.3 Å². The minimum atomic E-state index is -2.97. The zero-order chi connectivity index (χ0) is 30.3. The topological polar surface area (TPSA) is 154 Å². The van der Waals surface area contributed by atoms with Crippen molar-refractivity contribution >= 4 is 29.7 Å². The third-order valence-electron chi connectivity index (χ3n) is 10.0. The fraction of sp³-hybridized carbons (Fsp3) is 0.821. The number of carbonyl (C=O) groups is 5. The van der Waals surface area contributed by atoms with E-state index in [0.29, 0.717) is 6.42 Å². The van der Waals surface area contributed by atoms with Crippen molar-refractivity contribution in [3.05, 3.63) is 0 Å². The fourth-order valence-corrected chi connectivity index (χ4v) is 7.19. The summed E-state index contributed by atoms with van der Waals surface area (Å²) in [5.41, 5.74) is 4.46. The van der Waals surface area contributed by atoms with E-state index in [2.05, 4.69) is 16.0 Å². The van der Waals surface area contributed by atoms with E-state index in [0.717, 1.165) is 17.7 Å². The third-order valence-corrected chi connectivity index (χ3v) is 10.0. The Bertz CT molecular complexity index is 1170. The molecule has 2 saturated carbocycles. The van der Waals surface area contributed by atoms with Crippen molar-refractivity contribution in [1.82, 2.24) is 25.8 Å². The van der Waals surface area contributed by atoms with E-state index >= 15 is 0 Å². The summed E-state index contributed by atoms with van der Waals surface area (Å²) in [4.78, 5) is 68.0. The first-order valence-corrected chi connectivity index (χ1v) is 14.5. The van der Waals surface area contributed by atoms with Crippen molar-refractivity contribution in [3.63, 3.8) is 0 Å². The number of fused-ring (bicyclic) bond motifs is 1. The molecule has 5 fully saturated rings. The highest BCUT2D eigenvalue weighted by Gasteiger charge is 2.70. The van der Waals surface area contributed by atoms with Gasteiger partial charge in [0.1, 0.15) is 18.1 Å². The third kappa shape index (κ3) is 5.48. The molecule has 5 rings (SSSR count). The maximum atomic E-state index is 14.0. The summed E-state index contributed by atoms with van der Waals surface area (Å²) in [5.74, 6) is -5.47. The van der Waals surface area contributed by atoms with Crippen molar-refractivity contribution in [1.29, 1.82) is 0 Å². The number of rotatable bonds is 7. The first kappa shape index (κ1) is 29.5. The highest BCUT2D eigenvalue weighted by molar-refractivity contribution is 5.96. The summed E-state index contributed by atoms with van der Waals surface area (Å²) in [6, 6.07) is -3.82. The van der Waals surface area contributed by atoms with E-state index in [-0.39, 0.29) is 48.2 Å². The van der Waals surface area contributed by atoms with Crippen LogP contribution in [0.5, 0.6) is 0 Å². The standard InChI is InChI=1S/C28H42F2N6O5/c1-25(2,3)19(33-24(41)35-9-8-28(29,30)13-35)23(40)36-12-15-17(26(15,4)5)18(36)22(39)32-16(20(31)37)10-14-11-27(6-7-27)34-21(14)38/h14-19H,6-13H2,1-5H3,(H2,31,37)(H,32,39)(H,33,41)(H,34,38)/t14-,15+,16+,17+,18+,19-/m1/s1. The SMILES string of the molecule is CC(C)(C)[C@H](NC(=O)N1CCC(F)(F)C1)C(=O)N1C[C@H]2[C@@H]([C@H]1C(=O)N[C@@H](C[C@@H]1CC3(CC3)NC1=O)C(N)=O)C2(C)C. The van der Waals surface area contributed by atoms with Gasteiger partial charge >= 0.3 is 6.03 Å². The van der Waals surface area contributed by atoms with Gasteiger partial charge < -0.3 is 31.5 Å². The molecule has 5 aliphatic rings. The number of nitrogens with two attached hydrogens (primary N) is 1. The minimum absolute atomic E-state index is 0.0400. The van der Waals surface area contributed by atoms with E-state index in [1.807, 2.05) is 13.8 Å². The second-order valence-electron chi connectivity index (χ2n) is 14.5. The number of primary amides is 1. The molecule has 0 aromatic carbocycles. The fourth-order valence-electron chi connectivity index (χ4n) is 7.19. The van der Waals surface area contributed by atoms with Gasteiger partial charge in [-0.1, -0.05) is 34.6 Å². The summed E-state index contributed by atoms with van der Waals surface area (Å²) >= 11 is 0. The zero-order valence-electron chi connectivity index (χ0n) is 24.4. The van der Waals surface area contributed by atoms with Gasteiger partial charge in [-0.25, -0.2) is 13.6 Å². The van der Waals surface area contributed by atoms with Crippen LogP contribution in [0.4, 0.5) is 13.6 Å². The molecule has 228 valence electrons. The van der Waals surface area contributed by atoms with Crippen LogP contribution < -0.4 is 21.7 Å². The van der Waals surface area contributed by atoms with E-state index in [4.69, 9.17) is 5.73 Å². The Hall–Kier alpha value is -2.99. The number of hydrogen-bond donors (Lipinski definition) is 4. The van der Waals surface area contributed by atoms with Crippen LogP contribution in [0.25, 0.3) is 0 Å². The molecule has 11 nitrogen and oxygen atoms in total. The summed E-state index contributed by atoms with van der Waals surface area (Å²) in [5, 5.41) is 8.38. The lowest BCUT2D eigenvalue weighted by Gasteiger charge is -2.38. The Kier molecular flexibility index (Phi) is 6.85. The Morgan fingerprint density at radius 1 is 1.12 bits per heavy atom. The largest absolute Gasteiger partial charge is 0.368 e. The molecule has 3 saturated heterocycles. The van der Waals surface area contributed by atoms with Gasteiger partial charge in [-0.2, -0.15) is 0 Å². The molecule has 0 aromatic rings. The van der Waals surface area contributed by atoms with Gasteiger partial charge in [0.2, 0.25) is 23.6 Å². The van der Waals surface area contributed by atoms with Crippen molar-refractivity contribution in [3.8, 4) is 0 Å². The van der Waals surface area contributed by atoms with Crippen LogP contribution >= 0.6 is 0 Å². The quantitative estimate of drug-likeness (QED) is 0.353. The number of nitrogens with zero attached hydrogens (tertiary/aromatic N) is 2. The Labute approximate surface area is 238 Å². The molecule has 0 bridgehead atoms. The van der Waals surface area contributed by atoms with E-state index < -0.39 is 72.1 Å². The number of carbonyl (C=O) groups excluding carboxylic acids is 5. The molecule has 0 aromatic heterocycles. The van der Waals surface area contributed by atoms with Crippen molar-refractivity contribution in [2.45, 2.75) is 96.3 Å². The van der Waals surface area contributed by atoms with Gasteiger partial charge in [-0.3, -0.25) is 19.2 Å². The summed E-state index contributed by atoms with van der Waals surface area (Å²) in [6.45, 7) is 8.76. The van der Waals surface area contributed by atoms with Crippen LogP contribution in [0, 0.1) is 28.6 Å². The zero-order valence-corrected chi connectivity index (χ0v) is 24.4. The molecular weight excluding hydrogens is 538 g/mol. The van der Waals surface area contributed by atoms with Crippen molar-refractivity contribution in [2.75, 3.05) is 19.6 Å². The van der Waals surface area contributed by atoms with Gasteiger partial charge in [-0.05, 0) is 48.3 Å². The van der Waals surface area contributed by atoms with Crippen LogP contribution in [-0.2, 0) is 19.2 Å². The minimum Gasteiger partial charge on any atom is -0.368 e. The van der Waals surface area contributed by atoms with Gasteiger partial charge in [0.05, 0.1) is 6.54 Å². The van der Waals surface area contributed by atoms with Gasteiger partial charge in [0.25, 0.3) is 5.92 Å². The predicted molar refractivity (Wildman–Crippen MR) is 143 cm³/mol. The average Bonchev–Trinajstić information content (AvgIpc) is 3.45. The molecule has 5 N–H and O–H groups in total. The molecule has 2 aliphatic carbocycles. The Balaban J connectivity index is 1.32. The number of alkyl halides is 2. The molecule has 1 spiro atoms. The second-order valence-corrected chi connectivity index (χ2v) is 14.5. The lowest BCUT2D eigenvalue weighted by Crippen LogP contribution is -2.61. The van der Waals surface area contributed by atoms with Gasteiger partial charge in [0.15, 0.2) is 0 Å². The molecule has 41 heavy (non-hydrogen) atoms. The normalized spacial score (nSPS) is 31.7. The van der Waals surface area contributed by atoms with Crippen LogP contribution in [0.15, 0.2) is 0 Å². The number of hydrogen-bond acceptors (Lipinski definition) is 5.